The van der Waals surface area contributed by atoms with E-state index < -0.39 is 87.5 Å². The van der Waals surface area contributed by atoms with Crippen LogP contribution < -0.4 is 24.8 Å². The Morgan fingerprint density at radius 1 is 1.02 bits per heavy atom. The van der Waals surface area contributed by atoms with Crippen molar-refractivity contribution in [3.8, 4) is 11.6 Å². The average Bonchev–Trinajstić information content (AvgIpc) is 4.15. The van der Waals surface area contributed by atoms with Crippen LogP contribution >= 0.6 is 0 Å². The number of likely N-dealkylation sites (N-methyl/N-ethyl adjacent to an activating group) is 1. The van der Waals surface area contributed by atoms with Gasteiger partial charge in [-0.3, -0.25) is 19.1 Å². The predicted octanol–water partition coefficient (Wildman–Crippen LogP) is 4.80. The first-order valence-corrected chi connectivity index (χ1v) is 22.6. The molecule has 5 aliphatic rings. The molecule has 15 nitrogen and oxygen atoms in total. The number of fused-ring (bicyclic) bond motifs is 3. The number of alkyl carbamates (subject to hydrolysis) is 1. The monoisotopic (exact) mass is 846 g/mol. The highest BCUT2D eigenvalue weighted by atomic mass is 32.2. The van der Waals surface area contributed by atoms with Crippen LogP contribution in [0.4, 0.5) is 13.6 Å². The zero-order valence-electron chi connectivity index (χ0n) is 34.1. The molecule has 1 aliphatic heterocycles. The number of sulfonamides is 1. The molecule has 4 saturated carbocycles. The summed E-state index contributed by atoms with van der Waals surface area (Å²) >= 11 is 0. The van der Waals surface area contributed by atoms with Crippen molar-refractivity contribution in [3.05, 3.63) is 23.9 Å². The van der Waals surface area contributed by atoms with Crippen LogP contribution in [0, 0.1) is 23.7 Å². The lowest BCUT2D eigenvalue weighted by Crippen LogP contribution is -2.63. The summed E-state index contributed by atoms with van der Waals surface area (Å²) in [5.74, 6) is -4.55. The molecular weight excluding hydrogens is 791 g/mol. The van der Waals surface area contributed by atoms with E-state index in [0.29, 0.717) is 54.6 Å². The third-order valence-electron chi connectivity index (χ3n) is 13.0. The van der Waals surface area contributed by atoms with Crippen molar-refractivity contribution in [2.45, 2.75) is 145 Å². The zero-order chi connectivity index (χ0) is 42.2. The van der Waals surface area contributed by atoms with Gasteiger partial charge in [-0.15, -0.1) is 0 Å². The van der Waals surface area contributed by atoms with Crippen molar-refractivity contribution < 1.29 is 50.6 Å². The van der Waals surface area contributed by atoms with E-state index in [-0.39, 0.29) is 30.2 Å². The summed E-state index contributed by atoms with van der Waals surface area (Å²) in [6, 6.07) is 2.82. The summed E-state index contributed by atoms with van der Waals surface area (Å²) < 4.78 is 74.2. The van der Waals surface area contributed by atoms with Crippen molar-refractivity contribution in [1.82, 2.24) is 30.2 Å². The number of alkyl halides is 2. The average molecular weight is 847 g/mol. The van der Waals surface area contributed by atoms with Gasteiger partial charge in [0.05, 0.1) is 29.3 Å². The van der Waals surface area contributed by atoms with Crippen LogP contribution in [0.5, 0.6) is 11.6 Å². The normalized spacial score (nSPS) is 31.0. The molecule has 1 aromatic carbocycles. The van der Waals surface area contributed by atoms with Crippen molar-refractivity contribution in [2.75, 3.05) is 14.2 Å². The van der Waals surface area contributed by atoms with Crippen molar-refractivity contribution >= 4 is 44.9 Å². The molecule has 0 radical (unpaired) electrons. The number of nitrogens with zero attached hydrogens (tertiary/aromatic N) is 3. The maximum Gasteiger partial charge on any atom is 0.408 e. The van der Waals surface area contributed by atoms with Gasteiger partial charge in [-0.1, -0.05) is 32.6 Å². The first-order valence-electron chi connectivity index (χ1n) is 21.1. The Kier molecular flexibility index (Phi) is 12.6. The molecule has 2 heterocycles. The van der Waals surface area contributed by atoms with Gasteiger partial charge in [-0.05, 0) is 95.1 Å². The Labute approximate surface area is 343 Å². The molecule has 4 fully saturated rings. The number of halogens is 2. The van der Waals surface area contributed by atoms with E-state index >= 15 is 0 Å². The molecule has 7 rings (SSSR count). The fraction of sp³-hybridized carbons (Fsp3) is 0.707. The van der Waals surface area contributed by atoms with Gasteiger partial charge in [0.25, 0.3) is 5.91 Å². The van der Waals surface area contributed by atoms with E-state index in [1.165, 1.54) is 11.9 Å². The molecule has 0 spiro atoms. The summed E-state index contributed by atoms with van der Waals surface area (Å²) in [7, 11) is -1.20. The van der Waals surface area contributed by atoms with Gasteiger partial charge in [0.1, 0.15) is 41.3 Å². The molecule has 2 aromatic rings. The van der Waals surface area contributed by atoms with Gasteiger partial charge in [-0.2, -0.15) is 0 Å². The zero-order valence-corrected chi connectivity index (χ0v) is 34.9. The van der Waals surface area contributed by atoms with Crippen molar-refractivity contribution in [1.29, 1.82) is 0 Å². The molecule has 4 aliphatic carbocycles. The summed E-state index contributed by atoms with van der Waals surface area (Å²) in [4.78, 5) is 67.6. The number of rotatable bonds is 9. The molecule has 0 bridgehead atoms. The Bertz CT molecular complexity index is 2030. The minimum absolute atomic E-state index is 0.211. The second-order valence-corrected chi connectivity index (χ2v) is 19.1. The maximum atomic E-state index is 14.8. The molecule has 3 N–H and O–H groups in total. The minimum Gasteiger partial charge on any atom is -0.497 e. The molecule has 4 amide bonds. The number of methoxy groups -OCH3 is 1. The molecule has 324 valence electrons. The van der Waals surface area contributed by atoms with Crippen LogP contribution in [0.2, 0.25) is 0 Å². The second-order valence-electron chi connectivity index (χ2n) is 17.1. The Morgan fingerprint density at radius 3 is 2.39 bits per heavy atom. The molecule has 0 saturated heterocycles. The number of hydrogen-bond acceptors (Lipinski definition) is 11. The highest BCUT2D eigenvalue weighted by Gasteiger charge is 2.66. The van der Waals surface area contributed by atoms with E-state index in [9.17, 15) is 36.4 Å². The van der Waals surface area contributed by atoms with Gasteiger partial charge in [0, 0.05) is 19.0 Å². The number of aromatic nitrogens is 2. The Hall–Kier alpha value is -4.35. The van der Waals surface area contributed by atoms with E-state index in [4.69, 9.17) is 24.2 Å². The van der Waals surface area contributed by atoms with Crippen LogP contribution in [0.1, 0.15) is 103 Å². The van der Waals surface area contributed by atoms with Gasteiger partial charge >= 0.3 is 6.09 Å². The lowest BCUT2D eigenvalue weighted by molar-refractivity contribution is -0.146. The summed E-state index contributed by atoms with van der Waals surface area (Å²) in [5.41, 5.74) is -0.499. The predicted molar refractivity (Wildman–Crippen MR) is 211 cm³/mol. The summed E-state index contributed by atoms with van der Waals surface area (Å²) in [5, 5.41) is 4.53. The lowest BCUT2D eigenvalue weighted by Gasteiger charge is -2.39. The van der Waals surface area contributed by atoms with Gasteiger partial charge < -0.3 is 29.7 Å². The fourth-order valence-electron chi connectivity index (χ4n) is 9.07. The van der Waals surface area contributed by atoms with Crippen molar-refractivity contribution in [2.24, 2.45) is 23.7 Å². The van der Waals surface area contributed by atoms with Crippen LogP contribution in [-0.4, -0.2) is 103 Å². The first-order chi connectivity index (χ1) is 28.1. The van der Waals surface area contributed by atoms with Gasteiger partial charge in [-0.25, -0.2) is 32.0 Å². The minimum atomic E-state index is -4.15. The van der Waals surface area contributed by atoms with Crippen LogP contribution in [0.15, 0.2) is 18.2 Å². The highest BCUT2D eigenvalue weighted by molar-refractivity contribution is 7.91. The van der Waals surface area contributed by atoms with Crippen LogP contribution in [0.3, 0.4) is 0 Å². The molecule has 1 aromatic heterocycles. The van der Waals surface area contributed by atoms with E-state index in [0.717, 1.165) is 44.9 Å². The van der Waals surface area contributed by atoms with Gasteiger partial charge in [0.2, 0.25) is 34.1 Å². The molecule has 8 atom stereocenters. The molecule has 18 heteroatoms. The number of hydrogen-bond donors (Lipinski definition) is 3. The number of carbonyl (C=O) groups is 4. The highest BCUT2D eigenvalue weighted by Crippen LogP contribution is 2.48. The topological polar surface area (TPSA) is 195 Å². The van der Waals surface area contributed by atoms with E-state index in [1.807, 2.05) is 10.8 Å². The van der Waals surface area contributed by atoms with Gasteiger partial charge in [0.15, 0.2) is 0 Å². The lowest BCUT2D eigenvalue weighted by atomic mass is 9.88. The fourth-order valence-corrected chi connectivity index (χ4v) is 10.4. The maximum absolute atomic E-state index is 14.8. The number of nitrogens with one attached hydrogen (secondary N) is 3. The van der Waals surface area contributed by atoms with Crippen LogP contribution in [0.25, 0.3) is 11.0 Å². The molecule has 59 heavy (non-hydrogen) atoms. The number of carbonyl (C=O) groups excluding carboxylic acids is 4. The first kappa shape index (κ1) is 42.8. The second kappa shape index (κ2) is 17.3. The number of ether oxygens (including phenoxy) is 3. The molecule has 0 unspecified atom stereocenters. The largest absolute Gasteiger partial charge is 0.497 e. The smallest absolute Gasteiger partial charge is 0.408 e. The molecular formula is C41H56F2N6O9S. The third kappa shape index (κ3) is 9.36. The Morgan fingerprint density at radius 2 is 1.73 bits per heavy atom. The van der Waals surface area contributed by atoms with E-state index in [2.05, 4.69) is 10.6 Å². The standard InChI is InChI=1S/C41H56F2N6O9S/c1-5-27-22(2)57-37-30(44-29-18-15-25(56-4)20-31(29)45-37)14-8-6-7-13-24-19-32(24)58-40(53)46-33(23-11-9-10-12-23)38(51)49(3)34(27)36(50)47-41(21-28(41)35(42)43)39(52)48-59(54,55)26-16-17-26/h15,18,20,22-24,26-28,32-35H,5-14,16-17,19,21H2,1-4H3,(H,46,53)(H,47,50)(H,48,52)/t22-,24+,27+,28-,32+,33-,34-,41+/m0/s1. The number of benzene rings is 1. The summed E-state index contributed by atoms with van der Waals surface area (Å²) in [6.07, 6.45) is 3.13. The van der Waals surface area contributed by atoms with E-state index in [1.54, 1.807) is 33.1 Å². The quantitative estimate of drug-likeness (QED) is 0.314. The number of amides is 4. The number of aryl methyl sites for hydroxylation is 1. The Balaban J connectivity index is 1.26. The third-order valence-corrected chi connectivity index (χ3v) is 14.8. The summed E-state index contributed by atoms with van der Waals surface area (Å²) in [6.45, 7) is 3.51. The SMILES string of the molecule is CC[C@@H]1[C@H](C)Oc2nc3cc(OC)ccc3nc2CCCCC[C@@H]2C[C@H]2OC(=O)N[C@@H](C2CCCC2)C(=O)N(C)[C@@H]1C(=O)N[C@]1(C(=O)NS(=O)(=O)C2CC2)C[C@H]1C(F)F. The van der Waals surface area contributed by atoms with Crippen LogP contribution in [-0.2, 0) is 35.6 Å². The van der Waals surface area contributed by atoms with Crippen molar-refractivity contribution in [3.63, 3.8) is 0 Å².